The molecule has 4 heteroatoms. The molecular weight excluding hydrogens is 370 g/mol. The normalized spacial score (nSPS) is 13.4. The van der Waals surface area contributed by atoms with Crippen LogP contribution in [0.5, 0.6) is 0 Å². The fourth-order valence-corrected chi connectivity index (χ4v) is 4.09. The molecule has 4 rings (SSSR count). The summed E-state index contributed by atoms with van der Waals surface area (Å²) in [5.41, 5.74) is 7.66. The first-order valence-electron chi connectivity index (χ1n) is 10.7. The smallest absolute Gasteiger partial charge is 0.167 e. The third kappa shape index (κ3) is 4.43. The third-order valence-corrected chi connectivity index (χ3v) is 5.79. The molecule has 0 saturated carbocycles. The number of anilines is 1. The van der Waals surface area contributed by atoms with Gasteiger partial charge in [0.2, 0.25) is 0 Å². The highest BCUT2D eigenvalue weighted by Crippen LogP contribution is 2.26. The van der Waals surface area contributed by atoms with Crippen molar-refractivity contribution in [3.05, 3.63) is 88.0 Å². The molecule has 2 heterocycles. The van der Waals surface area contributed by atoms with Gasteiger partial charge in [-0.2, -0.15) is 0 Å². The van der Waals surface area contributed by atoms with Crippen molar-refractivity contribution in [3.63, 3.8) is 0 Å². The van der Waals surface area contributed by atoms with E-state index in [4.69, 9.17) is 0 Å². The number of ketones is 1. The number of fused-ring (bicyclic) bond motifs is 1. The molecule has 0 fully saturated rings. The molecule has 0 aliphatic carbocycles. The van der Waals surface area contributed by atoms with Gasteiger partial charge in [0.05, 0.1) is 5.69 Å². The Balaban J connectivity index is 1.55. The summed E-state index contributed by atoms with van der Waals surface area (Å²) in [4.78, 5) is 24.3. The summed E-state index contributed by atoms with van der Waals surface area (Å²) in [6, 6.07) is 14.6. The number of Topliss-reactive ketones (excluding diaryl/α,β-unsaturated/α-hetero) is 1. The summed E-state index contributed by atoms with van der Waals surface area (Å²) in [5.74, 6) is 1.45. The third-order valence-electron chi connectivity index (χ3n) is 5.79. The maximum atomic E-state index is 13.1. The number of carbonyl (C=O) groups is 1. The molecule has 0 atom stereocenters. The van der Waals surface area contributed by atoms with Crippen molar-refractivity contribution in [3.8, 4) is 0 Å². The second-order valence-corrected chi connectivity index (χ2v) is 8.62. The molecule has 0 spiro atoms. The fraction of sp³-hybridized carbons (Fsp3) is 0.346. The minimum atomic E-state index is 0.164. The minimum Gasteiger partial charge on any atom is -0.367 e. The van der Waals surface area contributed by atoms with Gasteiger partial charge in [0.1, 0.15) is 5.82 Å². The molecule has 4 nitrogen and oxygen atoms in total. The first kappa shape index (κ1) is 20.3. The van der Waals surface area contributed by atoms with Gasteiger partial charge in [0.15, 0.2) is 5.78 Å². The zero-order valence-electron chi connectivity index (χ0n) is 18.3. The molecule has 1 aromatic heterocycles. The number of aryl methyl sites for hydroxylation is 2. The molecule has 0 saturated heterocycles. The van der Waals surface area contributed by atoms with Crippen molar-refractivity contribution >= 4 is 11.5 Å². The van der Waals surface area contributed by atoms with E-state index in [1.807, 2.05) is 31.3 Å². The monoisotopic (exact) mass is 399 g/mol. The maximum Gasteiger partial charge on any atom is 0.167 e. The Hall–Kier alpha value is -3.01. The van der Waals surface area contributed by atoms with Crippen LogP contribution in [0.2, 0.25) is 0 Å². The number of carbonyl (C=O) groups excluding carboxylic acids is 1. The Morgan fingerprint density at radius 2 is 1.97 bits per heavy atom. The van der Waals surface area contributed by atoms with Gasteiger partial charge in [-0.3, -0.25) is 4.79 Å². The molecule has 0 N–H and O–H groups in total. The molecule has 0 bridgehead atoms. The lowest BCUT2D eigenvalue weighted by Gasteiger charge is -2.30. The van der Waals surface area contributed by atoms with Gasteiger partial charge in [-0.25, -0.2) is 9.97 Å². The van der Waals surface area contributed by atoms with Crippen LogP contribution in [0.4, 0.5) is 5.69 Å². The average molecular weight is 400 g/mol. The van der Waals surface area contributed by atoms with E-state index in [1.54, 1.807) is 0 Å². The van der Waals surface area contributed by atoms with Crippen molar-refractivity contribution in [2.24, 2.45) is 0 Å². The molecule has 0 amide bonds. The van der Waals surface area contributed by atoms with Crippen molar-refractivity contribution in [2.75, 3.05) is 11.4 Å². The molecule has 1 aliphatic heterocycles. The van der Waals surface area contributed by atoms with Crippen LogP contribution >= 0.6 is 0 Å². The SMILES string of the molecule is Cc1cc(C(=O)Cc2cccc(C(C)C)c2)cc(N2CCc3nc(C)ncc3C2)c1. The van der Waals surface area contributed by atoms with E-state index in [1.165, 1.54) is 11.1 Å². The van der Waals surface area contributed by atoms with Crippen LogP contribution < -0.4 is 4.90 Å². The highest BCUT2D eigenvalue weighted by Gasteiger charge is 2.20. The number of rotatable bonds is 5. The first-order chi connectivity index (χ1) is 14.4. The summed E-state index contributed by atoms with van der Waals surface area (Å²) in [5, 5.41) is 0. The van der Waals surface area contributed by atoms with Gasteiger partial charge in [0.25, 0.3) is 0 Å². The molecule has 0 radical (unpaired) electrons. The van der Waals surface area contributed by atoms with Crippen molar-refractivity contribution < 1.29 is 4.79 Å². The van der Waals surface area contributed by atoms with Gasteiger partial charge in [-0.1, -0.05) is 38.1 Å². The average Bonchev–Trinajstić information content (AvgIpc) is 2.73. The van der Waals surface area contributed by atoms with Crippen molar-refractivity contribution in [1.82, 2.24) is 9.97 Å². The summed E-state index contributed by atoms with van der Waals surface area (Å²) >= 11 is 0. The van der Waals surface area contributed by atoms with Crippen LogP contribution in [0.3, 0.4) is 0 Å². The molecular formula is C26H29N3O. The van der Waals surface area contributed by atoms with Gasteiger partial charge in [0, 0.05) is 48.9 Å². The number of hydrogen-bond donors (Lipinski definition) is 0. The minimum absolute atomic E-state index is 0.164. The zero-order chi connectivity index (χ0) is 21.3. The Morgan fingerprint density at radius 3 is 2.77 bits per heavy atom. The summed E-state index contributed by atoms with van der Waals surface area (Å²) in [6.45, 7) is 10.0. The van der Waals surface area contributed by atoms with Gasteiger partial charge in [-0.05, 0) is 54.7 Å². The first-order valence-corrected chi connectivity index (χ1v) is 10.7. The van der Waals surface area contributed by atoms with Crippen LogP contribution in [-0.4, -0.2) is 22.3 Å². The van der Waals surface area contributed by atoms with Crippen LogP contribution in [0.25, 0.3) is 0 Å². The van der Waals surface area contributed by atoms with E-state index in [9.17, 15) is 4.79 Å². The summed E-state index contributed by atoms with van der Waals surface area (Å²) in [7, 11) is 0. The largest absolute Gasteiger partial charge is 0.367 e. The predicted molar refractivity (Wildman–Crippen MR) is 121 cm³/mol. The molecule has 3 aromatic rings. The maximum absolute atomic E-state index is 13.1. The van der Waals surface area contributed by atoms with Gasteiger partial charge in [-0.15, -0.1) is 0 Å². The summed E-state index contributed by atoms with van der Waals surface area (Å²) in [6.07, 6.45) is 3.27. The molecule has 0 unspecified atom stereocenters. The molecule has 2 aromatic carbocycles. The quantitative estimate of drug-likeness (QED) is 0.553. The lowest BCUT2D eigenvalue weighted by atomic mass is 9.96. The van der Waals surface area contributed by atoms with Gasteiger partial charge >= 0.3 is 0 Å². The lowest BCUT2D eigenvalue weighted by Crippen LogP contribution is -2.31. The second-order valence-electron chi connectivity index (χ2n) is 8.62. The van der Waals surface area contributed by atoms with Gasteiger partial charge < -0.3 is 4.90 Å². The second kappa shape index (κ2) is 8.39. The summed E-state index contributed by atoms with van der Waals surface area (Å²) < 4.78 is 0. The number of hydrogen-bond acceptors (Lipinski definition) is 4. The number of aromatic nitrogens is 2. The van der Waals surface area contributed by atoms with E-state index in [0.717, 1.165) is 53.4 Å². The molecule has 154 valence electrons. The Bertz CT molecular complexity index is 1090. The van der Waals surface area contributed by atoms with Crippen LogP contribution in [0, 0.1) is 13.8 Å². The highest BCUT2D eigenvalue weighted by atomic mass is 16.1. The van der Waals surface area contributed by atoms with Crippen LogP contribution in [0.1, 0.15) is 63.9 Å². The fourth-order valence-electron chi connectivity index (χ4n) is 4.09. The highest BCUT2D eigenvalue weighted by molar-refractivity contribution is 5.98. The predicted octanol–water partition coefficient (Wildman–Crippen LogP) is 5.20. The van der Waals surface area contributed by atoms with Crippen molar-refractivity contribution in [2.45, 2.75) is 53.0 Å². The van der Waals surface area contributed by atoms with E-state index in [0.29, 0.717) is 12.3 Å². The molecule has 1 aliphatic rings. The standard InChI is InChI=1S/C26H29N3O/c1-17(2)21-7-5-6-20(12-21)13-26(30)22-10-18(3)11-24(14-22)29-9-8-25-23(16-29)15-27-19(4)28-25/h5-7,10-12,14-15,17H,8-9,13,16H2,1-4H3. The number of nitrogens with zero attached hydrogens (tertiary/aromatic N) is 3. The molecule has 30 heavy (non-hydrogen) atoms. The van der Waals surface area contributed by atoms with Crippen LogP contribution in [0.15, 0.2) is 48.7 Å². The topological polar surface area (TPSA) is 46.1 Å². The van der Waals surface area contributed by atoms with E-state index < -0.39 is 0 Å². The van der Waals surface area contributed by atoms with E-state index in [-0.39, 0.29) is 5.78 Å². The van der Waals surface area contributed by atoms with Crippen molar-refractivity contribution in [1.29, 1.82) is 0 Å². The van der Waals surface area contributed by atoms with E-state index >= 15 is 0 Å². The van der Waals surface area contributed by atoms with Crippen LogP contribution in [-0.2, 0) is 19.4 Å². The Morgan fingerprint density at radius 1 is 1.13 bits per heavy atom. The number of benzene rings is 2. The lowest BCUT2D eigenvalue weighted by molar-refractivity contribution is 0.0993. The zero-order valence-corrected chi connectivity index (χ0v) is 18.3. The van der Waals surface area contributed by atoms with E-state index in [2.05, 4.69) is 59.9 Å². The Labute approximate surface area is 179 Å². The Kier molecular flexibility index (Phi) is 5.67.